The molecule has 3 rings (SSSR count). The predicted octanol–water partition coefficient (Wildman–Crippen LogP) is 4.63. The Kier molecular flexibility index (Phi) is 9.94. The number of alkyl carbamates (subject to hydrolysis) is 1. The van der Waals surface area contributed by atoms with E-state index in [1.54, 1.807) is 71.1 Å². The minimum atomic E-state index is -3.60. The molecule has 2 aromatic carbocycles. The predicted molar refractivity (Wildman–Crippen MR) is 153 cm³/mol. The third-order valence-corrected chi connectivity index (χ3v) is 8.71. The second-order valence-electron chi connectivity index (χ2n) is 10.9. The lowest BCUT2D eigenvalue weighted by atomic mass is 9.86. The Hall–Kier alpha value is -3.05. The topological polar surface area (TPSA) is 122 Å². The van der Waals surface area contributed by atoms with Crippen LogP contribution in [-0.4, -0.2) is 86.5 Å². The molecule has 1 heterocycles. The van der Waals surface area contributed by atoms with Crippen LogP contribution < -0.4 is 5.32 Å². The maximum atomic E-state index is 13.6. The summed E-state index contributed by atoms with van der Waals surface area (Å²) < 4.78 is 36.5. The number of nitrogens with zero attached hydrogens (tertiary/aromatic N) is 2. The molecule has 1 saturated heterocycles. The molecular formula is C28H38ClN3O7S. The molecule has 0 aliphatic carbocycles. The number of hydrogen-bond acceptors (Lipinski definition) is 7. The number of rotatable bonds is 8. The number of ether oxygens (including phenoxy) is 2. The summed E-state index contributed by atoms with van der Waals surface area (Å²) in [6.07, 6.45) is -0.695. The minimum absolute atomic E-state index is 0.135. The number of carbonyl (C=O) groups excluding carboxylic acids is 3. The zero-order valence-electron chi connectivity index (χ0n) is 23.7. The van der Waals surface area contributed by atoms with Crippen LogP contribution in [-0.2, 0) is 24.1 Å². The Morgan fingerprint density at radius 1 is 1.07 bits per heavy atom. The summed E-state index contributed by atoms with van der Waals surface area (Å²) in [4.78, 5) is 41.6. The molecule has 1 aliphatic heterocycles. The van der Waals surface area contributed by atoms with E-state index >= 15 is 0 Å². The summed E-state index contributed by atoms with van der Waals surface area (Å²) >= 11 is 6.02. The van der Waals surface area contributed by atoms with Crippen LogP contribution in [0.3, 0.4) is 0 Å². The molecule has 220 valence electrons. The molecule has 3 amide bonds. The number of halogens is 1. The van der Waals surface area contributed by atoms with Crippen LogP contribution in [0.2, 0.25) is 5.02 Å². The van der Waals surface area contributed by atoms with Gasteiger partial charge in [-0.25, -0.2) is 18.0 Å². The van der Waals surface area contributed by atoms with Gasteiger partial charge in [0.15, 0.2) is 9.84 Å². The smallest absolute Gasteiger partial charge is 0.410 e. The highest BCUT2D eigenvalue weighted by atomic mass is 35.5. The number of fused-ring (bicyclic) bond motifs is 1. The molecule has 1 aliphatic rings. The molecule has 0 radical (unpaired) electrons. The van der Waals surface area contributed by atoms with E-state index in [4.69, 9.17) is 21.1 Å². The van der Waals surface area contributed by atoms with Crippen molar-refractivity contribution in [1.29, 1.82) is 0 Å². The molecule has 12 heteroatoms. The van der Waals surface area contributed by atoms with Gasteiger partial charge in [-0.3, -0.25) is 4.79 Å². The molecule has 0 bridgehead atoms. The van der Waals surface area contributed by atoms with E-state index in [0.717, 1.165) is 10.8 Å². The number of piperidine rings is 1. The van der Waals surface area contributed by atoms with Crippen molar-refractivity contribution in [3.63, 3.8) is 0 Å². The molecule has 0 saturated carbocycles. The van der Waals surface area contributed by atoms with Crippen LogP contribution in [0.15, 0.2) is 41.3 Å². The molecule has 10 nitrogen and oxygen atoms in total. The largest absolute Gasteiger partial charge is 0.450 e. The van der Waals surface area contributed by atoms with Gasteiger partial charge < -0.3 is 24.6 Å². The van der Waals surface area contributed by atoms with E-state index < -0.39 is 33.2 Å². The number of sulfone groups is 1. The van der Waals surface area contributed by atoms with Gasteiger partial charge in [0.2, 0.25) is 5.91 Å². The first kappa shape index (κ1) is 31.5. The van der Waals surface area contributed by atoms with Crippen molar-refractivity contribution in [2.45, 2.75) is 63.0 Å². The maximum Gasteiger partial charge on any atom is 0.410 e. The van der Waals surface area contributed by atoms with Crippen molar-refractivity contribution in [2.75, 3.05) is 39.0 Å². The van der Waals surface area contributed by atoms with E-state index in [-0.39, 0.29) is 62.1 Å². The Labute approximate surface area is 240 Å². The lowest BCUT2D eigenvalue weighted by molar-refractivity contribution is -0.139. The van der Waals surface area contributed by atoms with E-state index in [9.17, 15) is 22.8 Å². The number of nitrogens with one attached hydrogen (secondary N) is 1. The number of likely N-dealkylation sites (tertiary alicyclic amines) is 1. The van der Waals surface area contributed by atoms with E-state index in [1.807, 2.05) is 0 Å². The Morgan fingerprint density at radius 2 is 1.70 bits per heavy atom. The first-order valence-corrected chi connectivity index (χ1v) is 15.3. The van der Waals surface area contributed by atoms with Crippen molar-refractivity contribution < 1.29 is 32.3 Å². The van der Waals surface area contributed by atoms with Crippen LogP contribution in [0.5, 0.6) is 0 Å². The Bertz CT molecular complexity index is 1350. The zero-order valence-corrected chi connectivity index (χ0v) is 25.2. The quantitative estimate of drug-likeness (QED) is 0.472. The summed E-state index contributed by atoms with van der Waals surface area (Å²) in [5, 5.41) is 4.90. The van der Waals surface area contributed by atoms with E-state index in [1.165, 1.54) is 9.80 Å². The van der Waals surface area contributed by atoms with Gasteiger partial charge >= 0.3 is 12.2 Å². The van der Waals surface area contributed by atoms with Crippen LogP contribution in [0.25, 0.3) is 10.8 Å². The number of benzene rings is 2. The van der Waals surface area contributed by atoms with Crippen LogP contribution in [0.4, 0.5) is 9.59 Å². The van der Waals surface area contributed by atoms with Crippen LogP contribution >= 0.6 is 11.6 Å². The number of carbonyl (C=O) groups is 3. The molecule has 0 spiro atoms. The third kappa shape index (κ3) is 8.00. The fourth-order valence-electron chi connectivity index (χ4n) is 4.62. The third-order valence-electron chi connectivity index (χ3n) is 6.68. The standard InChI is InChI=1S/C28H38ClN3O7S/c1-6-38-25(34)30-28(12-15-32(16-13-28)26(35)39-27(2,3)4)24(33)31(5)14-7-17-40(36,37)23-11-9-20-18-22(29)10-8-21(20)19-23/h8-11,18-19H,6-7,12-17H2,1-5H3,(H,30,34). The SMILES string of the molecule is CCOC(=O)NC1(C(=O)N(C)CCCS(=O)(=O)c2ccc3cc(Cl)ccc3c2)CCN(C(=O)OC(C)(C)C)CC1. The number of likely N-dealkylation sites (N-methyl/N-ethyl adjacent to an activating group) is 1. The molecule has 40 heavy (non-hydrogen) atoms. The van der Waals surface area contributed by atoms with Gasteiger partial charge in [-0.1, -0.05) is 23.7 Å². The lowest BCUT2D eigenvalue weighted by Gasteiger charge is -2.42. The molecular weight excluding hydrogens is 558 g/mol. The van der Waals surface area contributed by atoms with Crippen molar-refractivity contribution >= 4 is 50.3 Å². The van der Waals surface area contributed by atoms with Gasteiger partial charge in [0.1, 0.15) is 11.1 Å². The van der Waals surface area contributed by atoms with Crippen LogP contribution in [0, 0.1) is 0 Å². The average Bonchev–Trinajstić information content (AvgIpc) is 2.87. The molecule has 0 aromatic heterocycles. The summed E-state index contributed by atoms with van der Waals surface area (Å²) in [5.41, 5.74) is -1.95. The van der Waals surface area contributed by atoms with E-state index in [2.05, 4.69) is 5.32 Å². The van der Waals surface area contributed by atoms with Gasteiger partial charge in [-0.2, -0.15) is 0 Å². The zero-order chi connectivity index (χ0) is 29.7. The fourth-order valence-corrected chi connectivity index (χ4v) is 6.12. The summed E-state index contributed by atoms with van der Waals surface area (Å²) in [5.74, 6) is -0.529. The van der Waals surface area contributed by atoms with E-state index in [0.29, 0.717) is 5.02 Å². The van der Waals surface area contributed by atoms with Gasteiger partial charge in [0.25, 0.3) is 0 Å². The molecule has 0 atom stereocenters. The summed E-state index contributed by atoms with van der Waals surface area (Å²) in [7, 11) is -2.03. The molecule has 2 aromatic rings. The minimum Gasteiger partial charge on any atom is -0.450 e. The molecule has 1 N–H and O–H groups in total. The van der Waals surface area contributed by atoms with Crippen molar-refractivity contribution in [3.05, 3.63) is 41.4 Å². The second-order valence-corrected chi connectivity index (χ2v) is 13.5. The summed E-state index contributed by atoms with van der Waals surface area (Å²) in [6, 6.07) is 10.1. The summed E-state index contributed by atoms with van der Waals surface area (Å²) in [6.45, 7) is 7.67. The number of amides is 3. The average molecular weight is 596 g/mol. The molecule has 1 fully saturated rings. The van der Waals surface area contributed by atoms with Gasteiger partial charge in [0, 0.05) is 31.7 Å². The Morgan fingerprint density at radius 3 is 2.33 bits per heavy atom. The van der Waals surface area contributed by atoms with Gasteiger partial charge in [-0.05, 0) is 82.0 Å². The number of hydrogen-bond donors (Lipinski definition) is 1. The van der Waals surface area contributed by atoms with Gasteiger partial charge in [0.05, 0.1) is 17.3 Å². The monoisotopic (exact) mass is 595 g/mol. The van der Waals surface area contributed by atoms with Gasteiger partial charge in [-0.15, -0.1) is 0 Å². The highest BCUT2D eigenvalue weighted by Crippen LogP contribution is 2.27. The molecule has 0 unspecified atom stereocenters. The lowest BCUT2D eigenvalue weighted by Crippen LogP contribution is -2.64. The highest BCUT2D eigenvalue weighted by molar-refractivity contribution is 7.91. The van der Waals surface area contributed by atoms with Crippen LogP contribution in [0.1, 0.15) is 47.0 Å². The van der Waals surface area contributed by atoms with Crippen molar-refractivity contribution in [3.8, 4) is 0 Å². The first-order chi connectivity index (χ1) is 18.7. The fraction of sp³-hybridized carbons (Fsp3) is 0.536. The van der Waals surface area contributed by atoms with Crippen molar-refractivity contribution in [2.24, 2.45) is 0 Å². The second kappa shape index (κ2) is 12.6. The van der Waals surface area contributed by atoms with Crippen molar-refractivity contribution in [1.82, 2.24) is 15.1 Å². The highest BCUT2D eigenvalue weighted by Gasteiger charge is 2.46. The Balaban J connectivity index is 1.66. The normalized spacial score (nSPS) is 15.4. The first-order valence-electron chi connectivity index (χ1n) is 13.3. The maximum absolute atomic E-state index is 13.6.